The first kappa shape index (κ1) is 20.6. The Kier molecular flexibility index (Phi) is 8.34. The van der Waals surface area contributed by atoms with Crippen LogP contribution in [0.3, 0.4) is 0 Å². The number of benzene rings is 1. The van der Waals surface area contributed by atoms with Crippen molar-refractivity contribution in [2.45, 2.75) is 42.8 Å². The van der Waals surface area contributed by atoms with E-state index in [0.717, 1.165) is 17.0 Å². The van der Waals surface area contributed by atoms with Gasteiger partial charge in [-0.15, -0.1) is 11.8 Å². The van der Waals surface area contributed by atoms with Gasteiger partial charge in [-0.05, 0) is 32.0 Å². The van der Waals surface area contributed by atoms with E-state index in [-0.39, 0.29) is 16.2 Å². The molecule has 0 aliphatic carbocycles. The molecule has 2 aromatic rings. The van der Waals surface area contributed by atoms with Crippen molar-refractivity contribution < 1.29 is 18.1 Å². The predicted octanol–water partition coefficient (Wildman–Crippen LogP) is 2.72. The third kappa shape index (κ3) is 7.87. The molecule has 1 heterocycles. The lowest BCUT2D eigenvalue weighted by Gasteiger charge is -2.13. The minimum absolute atomic E-state index is 0.0666. The number of hydrogen-bond acceptors (Lipinski definition) is 6. The largest absolute Gasteiger partial charge is 0.392 e. The summed E-state index contributed by atoms with van der Waals surface area (Å²) in [7, 11) is -4.02. The van der Waals surface area contributed by atoms with Crippen molar-refractivity contribution in [1.29, 1.82) is 0 Å². The van der Waals surface area contributed by atoms with Crippen LogP contribution in [0.5, 0.6) is 0 Å². The molecular weight excluding hydrogens is 348 g/mol. The molecule has 0 bridgehead atoms. The fraction of sp³-hybridized carbons (Fsp3) is 0.375. The van der Waals surface area contributed by atoms with Crippen molar-refractivity contribution in [2.75, 3.05) is 0 Å². The van der Waals surface area contributed by atoms with Crippen molar-refractivity contribution in [3.8, 4) is 0 Å². The molecule has 0 saturated heterocycles. The third-order valence-corrected chi connectivity index (χ3v) is 5.39. The average molecular weight is 370 g/mol. The summed E-state index contributed by atoms with van der Waals surface area (Å²) in [6.07, 6.45) is 3.01. The third-order valence-electron chi connectivity index (χ3n) is 3.14. The fourth-order valence-corrected chi connectivity index (χ4v) is 2.83. The lowest BCUT2D eigenvalue weighted by molar-refractivity contribution is 0.196. The van der Waals surface area contributed by atoms with Crippen molar-refractivity contribution in [2.24, 2.45) is 0 Å². The van der Waals surface area contributed by atoms with E-state index in [0.29, 0.717) is 0 Å². The molecule has 0 amide bonds. The van der Waals surface area contributed by atoms with Crippen LogP contribution in [0.25, 0.3) is 0 Å². The Hall–Kier alpha value is -1.48. The van der Waals surface area contributed by atoms with E-state index in [4.69, 9.17) is 4.55 Å². The topological polar surface area (TPSA) is 100 Å². The molecular formula is C16H22N2O4S2. The summed E-state index contributed by atoms with van der Waals surface area (Å²) >= 11 is 1.70. The molecule has 6 nitrogen and oxygen atoms in total. The molecule has 2 unspecified atom stereocenters. The van der Waals surface area contributed by atoms with Crippen LogP contribution in [0.2, 0.25) is 0 Å². The standard InChI is InChI=1S/C9H14N2OS.C7H8O3S/c1-7(12)8(2)13-5-9-3-4-10-6-11-9;1-6-2-4-7(5-3-6)11(8,9)10/h3-4,6-8,12H,5H2,1-2H3;2-5H,1H3,(H,8,9,10). The van der Waals surface area contributed by atoms with Crippen LogP contribution < -0.4 is 0 Å². The van der Waals surface area contributed by atoms with Gasteiger partial charge in [-0.1, -0.05) is 24.6 Å². The van der Waals surface area contributed by atoms with E-state index in [1.165, 1.54) is 12.1 Å². The van der Waals surface area contributed by atoms with Crippen LogP contribution in [0.15, 0.2) is 47.8 Å². The van der Waals surface area contributed by atoms with Gasteiger partial charge in [-0.25, -0.2) is 9.97 Å². The highest BCUT2D eigenvalue weighted by Crippen LogP contribution is 2.18. The van der Waals surface area contributed by atoms with Crippen LogP contribution in [0.4, 0.5) is 0 Å². The van der Waals surface area contributed by atoms with Crippen LogP contribution in [0.1, 0.15) is 25.1 Å². The maximum atomic E-state index is 10.5. The number of thioether (sulfide) groups is 1. The summed E-state index contributed by atoms with van der Waals surface area (Å²) in [4.78, 5) is 7.87. The molecule has 24 heavy (non-hydrogen) atoms. The fourth-order valence-electron chi connectivity index (χ4n) is 1.47. The summed E-state index contributed by atoms with van der Waals surface area (Å²) < 4.78 is 29.6. The lowest BCUT2D eigenvalue weighted by Crippen LogP contribution is -2.15. The summed E-state index contributed by atoms with van der Waals surface area (Å²) in [6, 6.07) is 7.88. The minimum atomic E-state index is -4.02. The first-order valence-corrected chi connectivity index (χ1v) is 9.77. The molecule has 0 radical (unpaired) electrons. The monoisotopic (exact) mass is 370 g/mol. The van der Waals surface area contributed by atoms with E-state index < -0.39 is 10.1 Å². The number of aliphatic hydroxyl groups is 1. The molecule has 8 heteroatoms. The molecule has 2 rings (SSSR count). The van der Waals surface area contributed by atoms with Gasteiger partial charge in [0.15, 0.2) is 0 Å². The Balaban J connectivity index is 0.000000243. The summed E-state index contributed by atoms with van der Waals surface area (Å²) in [6.45, 7) is 5.65. The van der Waals surface area contributed by atoms with Gasteiger partial charge in [-0.2, -0.15) is 8.42 Å². The SMILES string of the molecule is CC(O)C(C)SCc1ccncn1.Cc1ccc(S(=O)(=O)O)cc1. The first-order valence-electron chi connectivity index (χ1n) is 7.29. The lowest BCUT2D eigenvalue weighted by atomic mass is 10.2. The van der Waals surface area contributed by atoms with Gasteiger partial charge in [0, 0.05) is 17.2 Å². The van der Waals surface area contributed by atoms with Gasteiger partial charge in [0.05, 0.1) is 16.7 Å². The molecule has 2 atom stereocenters. The van der Waals surface area contributed by atoms with Gasteiger partial charge >= 0.3 is 0 Å². The molecule has 1 aromatic carbocycles. The average Bonchev–Trinajstić information content (AvgIpc) is 2.53. The molecule has 1 aromatic heterocycles. The number of aliphatic hydroxyl groups excluding tert-OH is 1. The Labute approximate surface area is 147 Å². The quantitative estimate of drug-likeness (QED) is 0.780. The summed E-state index contributed by atoms with van der Waals surface area (Å²) in [5, 5.41) is 9.49. The highest BCUT2D eigenvalue weighted by atomic mass is 32.2. The second-order valence-corrected chi connectivity index (χ2v) is 8.03. The highest BCUT2D eigenvalue weighted by Gasteiger charge is 2.09. The normalized spacial score (nSPS) is 13.5. The zero-order valence-corrected chi connectivity index (χ0v) is 15.5. The van der Waals surface area contributed by atoms with Gasteiger partial charge in [0.2, 0.25) is 0 Å². The van der Waals surface area contributed by atoms with Crippen LogP contribution in [0, 0.1) is 6.92 Å². The Morgan fingerprint density at radius 2 is 1.79 bits per heavy atom. The summed E-state index contributed by atoms with van der Waals surface area (Å²) in [5.74, 6) is 0.828. The highest BCUT2D eigenvalue weighted by molar-refractivity contribution is 7.99. The van der Waals surface area contributed by atoms with Crippen molar-refractivity contribution >= 4 is 21.9 Å². The maximum Gasteiger partial charge on any atom is 0.294 e. The van der Waals surface area contributed by atoms with Crippen LogP contribution >= 0.6 is 11.8 Å². The summed E-state index contributed by atoms with van der Waals surface area (Å²) in [5.41, 5.74) is 1.96. The van der Waals surface area contributed by atoms with Crippen molar-refractivity contribution in [3.63, 3.8) is 0 Å². The first-order chi connectivity index (χ1) is 11.2. The van der Waals surface area contributed by atoms with Crippen LogP contribution in [-0.4, -0.2) is 39.4 Å². The van der Waals surface area contributed by atoms with E-state index >= 15 is 0 Å². The zero-order chi connectivity index (χ0) is 18.2. The zero-order valence-electron chi connectivity index (χ0n) is 13.8. The van der Waals surface area contributed by atoms with Crippen molar-refractivity contribution in [3.05, 3.63) is 54.1 Å². The van der Waals surface area contributed by atoms with Gasteiger partial charge in [0.25, 0.3) is 10.1 Å². The molecule has 0 fully saturated rings. The molecule has 0 aliphatic rings. The Morgan fingerprint density at radius 1 is 1.17 bits per heavy atom. The van der Waals surface area contributed by atoms with E-state index in [1.807, 2.05) is 19.9 Å². The van der Waals surface area contributed by atoms with Gasteiger partial charge < -0.3 is 5.11 Å². The molecule has 132 valence electrons. The molecule has 0 spiro atoms. The van der Waals surface area contributed by atoms with Gasteiger partial charge in [0.1, 0.15) is 6.33 Å². The second kappa shape index (κ2) is 9.73. The number of rotatable bonds is 5. The smallest absolute Gasteiger partial charge is 0.294 e. The number of aryl methyl sites for hydroxylation is 1. The van der Waals surface area contributed by atoms with Crippen LogP contribution in [-0.2, 0) is 15.9 Å². The van der Waals surface area contributed by atoms with Crippen molar-refractivity contribution in [1.82, 2.24) is 9.97 Å². The minimum Gasteiger partial charge on any atom is -0.392 e. The molecule has 2 N–H and O–H groups in total. The number of aromatic nitrogens is 2. The Morgan fingerprint density at radius 3 is 2.25 bits per heavy atom. The number of hydrogen-bond donors (Lipinski definition) is 2. The van der Waals surface area contributed by atoms with E-state index in [9.17, 15) is 13.5 Å². The van der Waals surface area contributed by atoms with E-state index in [2.05, 4.69) is 9.97 Å². The maximum absolute atomic E-state index is 10.5. The second-order valence-electron chi connectivity index (χ2n) is 5.25. The predicted molar refractivity (Wildman–Crippen MR) is 95.5 cm³/mol. The molecule has 0 saturated carbocycles. The van der Waals surface area contributed by atoms with Gasteiger partial charge in [-0.3, -0.25) is 4.55 Å². The number of nitrogens with zero attached hydrogens (tertiary/aromatic N) is 2. The van der Waals surface area contributed by atoms with E-state index in [1.54, 1.807) is 43.3 Å². The molecule has 0 aliphatic heterocycles. The Bertz CT molecular complexity index is 705.